The minimum absolute atomic E-state index is 0.0254. The molecule has 0 radical (unpaired) electrons. The van der Waals surface area contributed by atoms with Crippen molar-refractivity contribution >= 4 is 9.84 Å². The van der Waals surface area contributed by atoms with Gasteiger partial charge in [0.05, 0.1) is 24.7 Å². The van der Waals surface area contributed by atoms with Crippen LogP contribution < -0.4 is 4.74 Å². The number of aliphatic hydroxyl groups is 1. The molecule has 0 saturated heterocycles. The summed E-state index contributed by atoms with van der Waals surface area (Å²) in [7, 11) is -2.96. The first-order chi connectivity index (χ1) is 12.0. The molecule has 1 aliphatic rings. The van der Waals surface area contributed by atoms with Crippen molar-refractivity contribution in [1.29, 1.82) is 0 Å². The molecule has 5 nitrogen and oxygen atoms in total. The molecule has 0 amide bonds. The second-order valence-electron chi connectivity index (χ2n) is 6.48. The van der Waals surface area contributed by atoms with Gasteiger partial charge in [-0.15, -0.1) is 0 Å². The smallest absolute Gasteiger partial charge is 0.213 e. The number of rotatable bonds is 6. The number of aliphatic hydroxyl groups excluding tert-OH is 1. The number of aromatic nitrogens is 1. The third kappa shape index (κ3) is 4.58. The first kappa shape index (κ1) is 17.9. The molecule has 2 aromatic rings. The van der Waals surface area contributed by atoms with Gasteiger partial charge in [-0.1, -0.05) is 12.1 Å². The summed E-state index contributed by atoms with van der Waals surface area (Å²) in [4.78, 5) is 4.63. The molecule has 25 heavy (non-hydrogen) atoms. The Kier molecular flexibility index (Phi) is 5.39. The molecule has 1 heterocycles. The topological polar surface area (TPSA) is 76.5 Å². The van der Waals surface area contributed by atoms with E-state index in [1.165, 1.54) is 11.8 Å². The Morgan fingerprint density at radius 1 is 1.16 bits per heavy atom. The first-order valence-corrected chi connectivity index (χ1v) is 10.6. The Labute approximate surface area is 148 Å². The number of hydrogen-bond donors (Lipinski definition) is 1. The van der Waals surface area contributed by atoms with Gasteiger partial charge in [-0.25, -0.2) is 13.4 Å². The van der Waals surface area contributed by atoms with Gasteiger partial charge < -0.3 is 9.84 Å². The van der Waals surface area contributed by atoms with Gasteiger partial charge in [-0.05, 0) is 54.5 Å². The fourth-order valence-electron chi connectivity index (χ4n) is 3.13. The van der Waals surface area contributed by atoms with Gasteiger partial charge in [-0.2, -0.15) is 0 Å². The maximum atomic E-state index is 11.2. The summed E-state index contributed by atoms with van der Waals surface area (Å²) in [6, 6.07) is 9.94. The maximum Gasteiger partial charge on any atom is 0.213 e. The highest BCUT2D eigenvalue weighted by Gasteiger charge is 2.17. The minimum atomic E-state index is -2.96. The van der Waals surface area contributed by atoms with E-state index < -0.39 is 9.84 Å². The average molecular weight is 361 g/mol. The number of benzene rings is 1. The van der Waals surface area contributed by atoms with Gasteiger partial charge in [0, 0.05) is 17.9 Å². The van der Waals surface area contributed by atoms with Gasteiger partial charge in [0.25, 0.3) is 0 Å². The second-order valence-corrected chi connectivity index (χ2v) is 8.74. The van der Waals surface area contributed by atoms with Crippen LogP contribution in [-0.2, 0) is 29.3 Å². The second kappa shape index (κ2) is 7.54. The molecule has 0 fully saturated rings. The highest BCUT2D eigenvalue weighted by atomic mass is 32.2. The van der Waals surface area contributed by atoms with Crippen LogP contribution in [0.1, 0.15) is 29.7 Å². The molecular weight excluding hydrogens is 338 g/mol. The van der Waals surface area contributed by atoms with Crippen molar-refractivity contribution in [3.63, 3.8) is 0 Å². The summed E-state index contributed by atoms with van der Waals surface area (Å²) in [6.07, 6.45) is 4.57. The minimum Gasteiger partial charge on any atom is -0.478 e. The molecule has 0 aliphatic heterocycles. The molecule has 134 valence electrons. The Hall–Kier alpha value is -1.92. The molecule has 0 saturated carbocycles. The summed E-state index contributed by atoms with van der Waals surface area (Å²) in [5.74, 6) is 0.656. The number of aryl methyl sites for hydroxylation is 2. The zero-order valence-corrected chi connectivity index (χ0v) is 15.2. The number of hydrogen-bond acceptors (Lipinski definition) is 5. The van der Waals surface area contributed by atoms with E-state index in [4.69, 9.17) is 4.74 Å². The fraction of sp³-hybridized carbons (Fsp3) is 0.421. The Bertz CT molecular complexity index is 862. The lowest BCUT2D eigenvalue weighted by Crippen LogP contribution is -2.09. The normalized spacial score (nSPS) is 13.7. The Balaban J connectivity index is 1.79. The number of ether oxygens (including phenoxy) is 1. The lowest BCUT2D eigenvalue weighted by atomic mass is 9.97. The molecule has 0 bridgehead atoms. The zero-order chi connectivity index (χ0) is 17.9. The highest BCUT2D eigenvalue weighted by molar-refractivity contribution is 7.90. The van der Waals surface area contributed by atoms with E-state index in [0.29, 0.717) is 18.9 Å². The molecule has 1 aliphatic carbocycles. The van der Waals surface area contributed by atoms with Crippen molar-refractivity contribution < 1.29 is 18.3 Å². The number of nitrogens with zero attached hydrogens (tertiary/aromatic N) is 1. The molecular formula is C19H23NO4S. The number of fused-ring (bicyclic) bond motifs is 3. The quantitative estimate of drug-likeness (QED) is 0.800. The van der Waals surface area contributed by atoms with Crippen LogP contribution in [0.15, 0.2) is 30.3 Å². The molecule has 6 heteroatoms. The van der Waals surface area contributed by atoms with E-state index in [9.17, 15) is 13.5 Å². The zero-order valence-electron chi connectivity index (χ0n) is 14.4. The monoisotopic (exact) mass is 361 g/mol. The molecule has 1 N–H and O–H groups in total. The van der Waals surface area contributed by atoms with Crippen molar-refractivity contribution in [1.82, 2.24) is 4.98 Å². The van der Waals surface area contributed by atoms with Crippen LogP contribution in [-0.4, -0.2) is 37.1 Å². The van der Waals surface area contributed by atoms with Crippen LogP contribution in [0.4, 0.5) is 0 Å². The van der Waals surface area contributed by atoms with Gasteiger partial charge in [0.2, 0.25) is 5.88 Å². The predicted octanol–water partition coefficient (Wildman–Crippen LogP) is 2.54. The van der Waals surface area contributed by atoms with Gasteiger partial charge in [-0.3, -0.25) is 0 Å². The lowest BCUT2D eigenvalue weighted by Gasteiger charge is -2.12. The van der Waals surface area contributed by atoms with E-state index in [1.54, 1.807) is 0 Å². The highest BCUT2D eigenvalue weighted by Crippen LogP contribution is 2.33. The summed E-state index contributed by atoms with van der Waals surface area (Å²) in [5.41, 5.74) is 5.39. The summed E-state index contributed by atoms with van der Waals surface area (Å²) < 4.78 is 27.9. The van der Waals surface area contributed by atoms with E-state index in [0.717, 1.165) is 41.6 Å². The maximum absolute atomic E-state index is 11.2. The molecule has 0 spiro atoms. The standard InChI is InChI=1S/C19H23NO4S/c1-25(22,23)11-3-10-24-19-9-8-16-17-12-14(13-21)6-7-15(17)4-2-5-18(16)20-19/h6-9,12,21H,2-5,10-11,13H2,1H3. The third-order valence-corrected chi connectivity index (χ3v) is 5.40. The summed E-state index contributed by atoms with van der Waals surface area (Å²) in [6.45, 7) is 0.363. The van der Waals surface area contributed by atoms with Gasteiger partial charge in [0.1, 0.15) is 9.84 Å². The fourth-order valence-corrected chi connectivity index (χ4v) is 3.77. The Morgan fingerprint density at radius 2 is 2.00 bits per heavy atom. The Morgan fingerprint density at radius 3 is 2.76 bits per heavy atom. The summed E-state index contributed by atoms with van der Waals surface area (Å²) in [5, 5.41) is 9.40. The summed E-state index contributed by atoms with van der Waals surface area (Å²) >= 11 is 0. The number of pyridine rings is 1. The van der Waals surface area contributed by atoms with Crippen LogP contribution >= 0.6 is 0 Å². The van der Waals surface area contributed by atoms with E-state index in [-0.39, 0.29) is 12.4 Å². The van der Waals surface area contributed by atoms with Gasteiger partial charge in [0.15, 0.2) is 0 Å². The molecule has 1 aromatic heterocycles. The van der Waals surface area contributed by atoms with Crippen molar-refractivity contribution in [2.24, 2.45) is 0 Å². The van der Waals surface area contributed by atoms with Crippen molar-refractivity contribution in [2.75, 3.05) is 18.6 Å². The number of sulfone groups is 1. The average Bonchev–Trinajstić information content (AvgIpc) is 2.76. The van der Waals surface area contributed by atoms with Crippen molar-refractivity contribution in [3.05, 3.63) is 47.2 Å². The molecule has 0 atom stereocenters. The third-order valence-electron chi connectivity index (χ3n) is 4.36. The molecule has 3 rings (SSSR count). The van der Waals surface area contributed by atoms with E-state index in [2.05, 4.69) is 11.1 Å². The van der Waals surface area contributed by atoms with Crippen molar-refractivity contribution in [3.8, 4) is 17.0 Å². The van der Waals surface area contributed by atoms with Crippen LogP contribution in [0, 0.1) is 0 Å². The predicted molar refractivity (Wildman–Crippen MR) is 97.4 cm³/mol. The largest absolute Gasteiger partial charge is 0.478 e. The van der Waals surface area contributed by atoms with Crippen LogP contribution in [0.5, 0.6) is 5.88 Å². The molecule has 1 aromatic carbocycles. The van der Waals surface area contributed by atoms with Crippen molar-refractivity contribution in [2.45, 2.75) is 32.3 Å². The lowest BCUT2D eigenvalue weighted by molar-refractivity contribution is 0.282. The molecule has 0 unspecified atom stereocenters. The van der Waals surface area contributed by atoms with E-state index >= 15 is 0 Å². The van der Waals surface area contributed by atoms with Crippen LogP contribution in [0.3, 0.4) is 0 Å². The first-order valence-electron chi connectivity index (χ1n) is 8.50. The van der Waals surface area contributed by atoms with E-state index in [1.807, 2.05) is 24.3 Å². The van der Waals surface area contributed by atoms with Crippen LogP contribution in [0.25, 0.3) is 11.1 Å². The van der Waals surface area contributed by atoms with Gasteiger partial charge >= 0.3 is 0 Å². The van der Waals surface area contributed by atoms with Crippen LogP contribution in [0.2, 0.25) is 0 Å². The SMILES string of the molecule is CS(=O)(=O)CCCOc1ccc2c(n1)CCCc1ccc(CO)cc1-2.